The number of fused-ring (bicyclic) bond motifs is 6. The molecule has 8 heterocycles. The van der Waals surface area contributed by atoms with Crippen LogP contribution in [0.5, 0.6) is 0 Å². The second kappa shape index (κ2) is 23.1. The molecule has 0 saturated heterocycles. The zero-order valence-corrected chi connectivity index (χ0v) is 46.8. The molecular weight excluding hydrogens is 1000 g/mol. The van der Waals surface area contributed by atoms with Crippen molar-refractivity contribution < 1.29 is 28.4 Å². The van der Waals surface area contributed by atoms with Crippen LogP contribution in [-0.2, 0) is 39.6 Å². The van der Waals surface area contributed by atoms with E-state index in [4.69, 9.17) is 23.3 Å². The molecule has 384 valence electrons. The van der Waals surface area contributed by atoms with Crippen molar-refractivity contribution in [3.63, 3.8) is 0 Å². The zero-order chi connectivity index (χ0) is 50.5. The fraction of sp³-hybridized carbons (Fsp3) is 0.600. The van der Waals surface area contributed by atoms with Gasteiger partial charge in [-0.1, -0.05) is 92.2 Å². The summed E-state index contributed by atoms with van der Waals surface area (Å²) in [6.45, 7) is 25.4. The Kier molecular flexibility index (Phi) is 17.1. The molecule has 1 N–H and O–H groups in total. The predicted molar refractivity (Wildman–Crippen MR) is 282 cm³/mol. The molecule has 2 fully saturated rings. The molecule has 0 aromatic carbocycles. The Labute approximate surface area is 426 Å². The average molecular weight is 1070 g/mol. The molecule has 0 bridgehead atoms. The van der Waals surface area contributed by atoms with E-state index in [2.05, 4.69) is 135 Å². The highest BCUT2D eigenvalue weighted by molar-refractivity contribution is 9.08. The Morgan fingerprint density at radius 2 is 1.17 bits per heavy atom. The lowest BCUT2D eigenvalue weighted by molar-refractivity contribution is 0.0390. The van der Waals surface area contributed by atoms with Crippen molar-refractivity contribution in [2.45, 2.75) is 167 Å². The molecular formula is C50H73BrN12O6Si2. The Morgan fingerprint density at radius 3 is 1.62 bits per heavy atom. The second-order valence-electron chi connectivity index (χ2n) is 21.8. The maximum atomic E-state index is 10.2. The summed E-state index contributed by atoms with van der Waals surface area (Å²) in [7, 11) is -2.20. The topological polar surface area (TPSA) is 196 Å². The first-order valence-electron chi connectivity index (χ1n) is 25.3. The van der Waals surface area contributed by atoms with Gasteiger partial charge in [0.1, 0.15) is 42.3 Å². The highest BCUT2D eigenvalue weighted by atomic mass is 79.9. The quantitative estimate of drug-likeness (QED) is 0.0484. The summed E-state index contributed by atoms with van der Waals surface area (Å²) in [5.74, 6) is 5.06. The molecule has 2 aliphatic carbocycles. The van der Waals surface area contributed by atoms with Crippen LogP contribution in [0.2, 0.25) is 51.4 Å². The minimum atomic E-state index is -1.11. The lowest BCUT2D eigenvalue weighted by Gasteiger charge is -2.16. The van der Waals surface area contributed by atoms with Gasteiger partial charge in [0.25, 0.3) is 0 Å². The van der Waals surface area contributed by atoms with Crippen molar-refractivity contribution in [2.75, 3.05) is 13.2 Å². The summed E-state index contributed by atoms with van der Waals surface area (Å²) >= 11 is 3.25. The van der Waals surface area contributed by atoms with Crippen molar-refractivity contribution in [3.8, 4) is 0 Å². The Morgan fingerprint density at radius 1 is 0.676 bits per heavy atom. The number of aliphatic hydroxyl groups is 1. The fourth-order valence-electron chi connectivity index (χ4n) is 9.83. The van der Waals surface area contributed by atoms with Gasteiger partial charge < -0.3 is 37.5 Å². The first-order chi connectivity index (χ1) is 34.0. The van der Waals surface area contributed by atoms with Gasteiger partial charge in [0, 0.05) is 71.1 Å². The highest BCUT2D eigenvalue weighted by Crippen LogP contribution is 2.43. The number of ether oxygens (including phenoxy) is 3. The molecule has 0 amide bonds. The van der Waals surface area contributed by atoms with Crippen LogP contribution >= 0.6 is 15.9 Å². The fourth-order valence-corrected chi connectivity index (χ4v) is 11.6. The van der Waals surface area contributed by atoms with Crippen molar-refractivity contribution in [3.05, 3.63) is 83.6 Å². The van der Waals surface area contributed by atoms with Crippen molar-refractivity contribution in [1.29, 1.82) is 0 Å². The van der Waals surface area contributed by atoms with E-state index < -0.39 is 16.1 Å². The number of aliphatic hydroxyl groups excluding tert-OH is 1. The van der Waals surface area contributed by atoms with Crippen LogP contribution in [0.3, 0.4) is 0 Å². The SMILES string of the molecule is CCC1CC(O)CC1c1nnc2cnc3c(ccn3COCC[Si](C)(C)C)n12.CCC1CC(OCc2cc(C)on2)CC1c1nnc2cnc3c(ccn3COCC[Si](C)(C)C)n12.Cc1cc(CBr)no1. The molecule has 0 radical (unpaired) electrons. The number of hydrogen-bond acceptors (Lipinski definition) is 14. The van der Waals surface area contributed by atoms with Gasteiger partial charge in [-0.2, -0.15) is 0 Å². The normalized spacial score (nSPS) is 20.6. The summed E-state index contributed by atoms with van der Waals surface area (Å²) < 4.78 is 36.5. The minimum absolute atomic E-state index is 0.163. The third kappa shape index (κ3) is 12.9. The Balaban J connectivity index is 0.000000167. The third-order valence-corrected chi connectivity index (χ3v) is 17.8. The summed E-state index contributed by atoms with van der Waals surface area (Å²) in [4.78, 5) is 9.29. The lowest BCUT2D eigenvalue weighted by Crippen LogP contribution is -2.22. The maximum Gasteiger partial charge on any atom is 0.179 e. The molecule has 21 heteroatoms. The van der Waals surface area contributed by atoms with E-state index in [1.807, 2.05) is 49.1 Å². The molecule has 6 unspecified atom stereocenters. The van der Waals surface area contributed by atoms with Crippen molar-refractivity contribution >= 4 is 65.7 Å². The van der Waals surface area contributed by atoms with Crippen LogP contribution in [-0.4, -0.2) is 105 Å². The number of aromatic nitrogens is 12. The van der Waals surface area contributed by atoms with E-state index >= 15 is 0 Å². The number of hydrogen-bond donors (Lipinski definition) is 1. The van der Waals surface area contributed by atoms with Gasteiger partial charge in [-0.25, -0.2) is 9.97 Å². The maximum absolute atomic E-state index is 10.2. The predicted octanol–water partition coefficient (Wildman–Crippen LogP) is 10.7. The van der Waals surface area contributed by atoms with Gasteiger partial charge >= 0.3 is 0 Å². The van der Waals surface area contributed by atoms with E-state index in [0.29, 0.717) is 31.9 Å². The summed E-state index contributed by atoms with van der Waals surface area (Å²) in [6, 6.07) is 10.3. The molecule has 8 aromatic heterocycles. The smallest absolute Gasteiger partial charge is 0.179 e. The molecule has 71 heavy (non-hydrogen) atoms. The molecule has 8 aromatic rings. The first kappa shape index (κ1) is 52.7. The molecule has 6 atom stereocenters. The molecule has 2 aliphatic rings. The minimum Gasteiger partial charge on any atom is -0.393 e. The number of aryl methyl sites for hydroxylation is 2. The Bertz CT molecular complexity index is 2970. The number of rotatable bonds is 18. The van der Waals surface area contributed by atoms with Gasteiger partial charge in [-0.05, 0) is 75.6 Å². The van der Waals surface area contributed by atoms with Crippen molar-refractivity contribution in [1.82, 2.24) is 58.6 Å². The summed E-state index contributed by atoms with van der Waals surface area (Å²) in [5.41, 5.74) is 7.13. The van der Waals surface area contributed by atoms with Crippen LogP contribution in [0.1, 0.15) is 98.8 Å². The summed E-state index contributed by atoms with van der Waals surface area (Å²) in [6.07, 6.45) is 13.2. The first-order valence-corrected chi connectivity index (χ1v) is 33.8. The standard InChI is InChI=1S/C25H36N6O3Si.C20H31N5O2Si.C5H6BrNO/c1-6-18-12-20(33-15-19-11-17(2)34-29-19)13-21(18)24-28-27-23-14-26-25-22(31(23)24)7-8-30(25)16-32-9-10-35(3,4)5;1-5-14-10-15(26)11-16(14)19-23-22-18-12-21-20-17(25(18)19)6-7-24(20)13-27-8-9-28(2,3)4;1-4-2-5(3-6)7-8-4/h7-8,11,14,18,20-21H,6,9-10,12-13,15-16H2,1-5H3;6-7,12,14-16,26H,5,8-11,13H2,1-4H3;2H,3H2,1H3. The number of nitrogens with zero attached hydrogens (tertiary/aromatic N) is 12. The molecule has 10 rings (SSSR count). The largest absolute Gasteiger partial charge is 0.393 e. The van der Waals surface area contributed by atoms with Crippen LogP contribution in [0.25, 0.3) is 33.6 Å². The zero-order valence-electron chi connectivity index (χ0n) is 43.2. The van der Waals surface area contributed by atoms with Crippen LogP contribution in [0.4, 0.5) is 0 Å². The number of halogens is 1. The van der Waals surface area contributed by atoms with E-state index in [0.717, 1.165) is 137 Å². The van der Waals surface area contributed by atoms with E-state index in [9.17, 15) is 5.11 Å². The third-order valence-electron chi connectivity index (χ3n) is 13.8. The van der Waals surface area contributed by atoms with E-state index in [-0.39, 0.29) is 24.0 Å². The van der Waals surface area contributed by atoms with Crippen LogP contribution in [0.15, 0.2) is 58.1 Å². The van der Waals surface area contributed by atoms with Crippen molar-refractivity contribution in [2.24, 2.45) is 11.8 Å². The van der Waals surface area contributed by atoms with Gasteiger partial charge in [0.15, 0.2) is 22.6 Å². The second-order valence-corrected chi connectivity index (χ2v) is 33.6. The van der Waals surface area contributed by atoms with E-state index in [1.165, 1.54) is 0 Å². The molecule has 0 aliphatic heterocycles. The van der Waals surface area contributed by atoms with Crippen LogP contribution < -0.4 is 0 Å². The highest BCUT2D eigenvalue weighted by Gasteiger charge is 2.39. The van der Waals surface area contributed by atoms with Gasteiger partial charge in [-0.3, -0.25) is 8.80 Å². The average Bonchev–Trinajstić information content (AvgIpc) is 4.20. The van der Waals surface area contributed by atoms with Gasteiger partial charge in [-0.15, -0.1) is 20.4 Å². The van der Waals surface area contributed by atoms with Gasteiger partial charge in [0.05, 0.1) is 47.9 Å². The Hall–Kier alpha value is -4.65. The molecule has 2 saturated carbocycles. The lowest BCUT2D eigenvalue weighted by atomic mass is 9.93. The van der Waals surface area contributed by atoms with Crippen LogP contribution in [0, 0.1) is 25.7 Å². The number of alkyl halides is 1. The summed E-state index contributed by atoms with van der Waals surface area (Å²) in [5, 5.41) is 36.7. The molecule has 0 spiro atoms. The van der Waals surface area contributed by atoms with E-state index in [1.54, 1.807) is 6.20 Å². The monoisotopic (exact) mass is 1070 g/mol. The molecule has 18 nitrogen and oxygen atoms in total. The van der Waals surface area contributed by atoms with Gasteiger partial charge in [0.2, 0.25) is 0 Å².